The van der Waals surface area contributed by atoms with Crippen LogP contribution in [0.5, 0.6) is 0 Å². The molecule has 19 heavy (non-hydrogen) atoms. The monoisotopic (exact) mass is 297 g/mol. The van der Waals surface area contributed by atoms with Crippen LogP contribution in [0.4, 0.5) is 0 Å². The Bertz CT molecular complexity index is 564. The van der Waals surface area contributed by atoms with Gasteiger partial charge in [-0.25, -0.2) is 0 Å². The van der Waals surface area contributed by atoms with Gasteiger partial charge in [0.25, 0.3) is 0 Å². The summed E-state index contributed by atoms with van der Waals surface area (Å²) in [5.41, 5.74) is 8.81. The first kappa shape index (κ1) is 14.4. The van der Waals surface area contributed by atoms with Crippen molar-refractivity contribution in [1.82, 2.24) is 10.2 Å². The van der Waals surface area contributed by atoms with E-state index in [2.05, 4.69) is 24.0 Å². The number of halogens is 2. The summed E-state index contributed by atoms with van der Waals surface area (Å²) in [6, 6.07) is 7.64. The molecule has 1 aromatic carbocycles. The summed E-state index contributed by atoms with van der Waals surface area (Å²) in [6.45, 7) is 4.65. The molecule has 1 heterocycles. The first-order valence-electron chi connectivity index (χ1n) is 6.23. The Kier molecular flexibility index (Phi) is 4.50. The van der Waals surface area contributed by atoms with Crippen molar-refractivity contribution in [2.24, 2.45) is 5.73 Å². The lowest BCUT2D eigenvalue weighted by atomic mass is 9.95. The van der Waals surface area contributed by atoms with Crippen LogP contribution in [-0.2, 0) is 0 Å². The second-order valence-electron chi connectivity index (χ2n) is 4.83. The fraction of sp³-hybridized carbons (Fsp3) is 0.357. The van der Waals surface area contributed by atoms with E-state index in [0.717, 1.165) is 17.0 Å². The van der Waals surface area contributed by atoms with Crippen LogP contribution in [-0.4, -0.2) is 16.7 Å². The third-order valence-electron chi connectivity index (χ3n) is 3.18. The van der Waals surface area contributed by atoms with Gasteiger partial charge in [-0.1, -0.05) is 49.2 Å². The van der Waals surface area contributed by atoms with Crippen LogP contribution in [0.1, 0.15) is 42.6 Å². The highest BCUT2D eigenvalue weighted by Gasteiger charge is 2.19. The third-order valence-corrected chi connectivity index (χ3v) is 4.01. The number of hydrogen-bond donors (Lipinski definition) is 2. The van der Waals surface area contributed by atoms with Crippen molar-refractivity contribution in [3.05, 3.63) is 51.3 Å². The van der Waals surface area contributed by atoms with Gasteiger partial charge in [-0.15, -0.1) is 0 Å². The van der Waals surface area contributed by atoms with E-state index in [1.165, 1.54) is 0 Å². The topological polar surface area (TPSA) is 54.7 Å². The Labute approximate surface area is 123 Å². The fourth-order valence-corrected chi connectivity index (χ4v) is 2.48. The van der Waals surface area contributed by atoms with Gasteiger partial charge >= 0.3 is 0 Å². The van der Waals surface area contributed by atoms with Gasteiger partial charge in [0.15, 0.2) is 0 Å². The summed E-state index contributed by atoms with van der Waals surface area (Å²) in [5, 5.41) is 8.46. The van der Waals surface area contributed by atoms with Crippen LogP contribution in [0, 0.1) is 0 Å². The molecule has 0 spiro atoms. The molecule has 2 rings (SSSR count). The van der Waals surface area contributed by atoms with Crippen molar-refractivity contribution < 1.29 is 0 Å². The van der Waals surface area contributed by atoms with Crippen molar-refractivity contribution in [3.63, 3.8) is 0 Å². The Morgan fingerprint density at radius 1 is 1.32 bits per heavy atom. The molecule has 0 bridgehead atoms. The average Bonchev–Trinajstić information content (AvgIpc) is 2.85. The highest BCUT2D eigenvalue weighted by atomic mass is 35.5. The molecule has 2 aromatic rings. The van der Waals surface area contributed by atoms with Crippen LogP contribution < -0.4 is 5.73 Å². The molecule has 1 unspecified atom stereocenters. The summed E-state index contributed by atoms with van der Waals surface area (Å²) in [6.07, 6.45) is 0. The normalized spacial score (nSPS) is 12.9. The predicted molar refractivity (Wildman–Crippen MR) is 80.0 cm³/mol. The Balaban J connectivity index is 2.41. The van der Waals surface area contributed by atoms with E-state index < -0.39 is 0 Å². The van der Waals surface area contributed by atoms with E-state index >= 15 is 0 Å². The third kappa shape index (κ3) is 2.94. The van der Waals surface area contributed by atoms with Gasteiger partial charge in [0.1, 0.15) is 0 Å². The van der Waals surface area contributed by atoms with Gasteiger partial charge in [0.2, 0.25) is 0 Å². The lowest BCUT2D eigenvalue weighted by Gasteiger charge is -2.15. The molecular formula is C14H17Cl2N3. The molecular weight excluding hydrogens is 281 g/mol. The summed E-state index contributed by atoms with van der Waals surface area (Å²) in [7, 11) is 0. The van der Waals surface area contributed by atoms with E-state index in [-0.39, 0.29) is 5.92 Å². The zero-order chi connectivity index (χ0) is 14.0. The van der Waals surface area contributed by atoms with Crippen LogP contribution in [0.15, 0.2) is 24.3 Å². The maximum absolute atomic E-state index is 6.26. The van der Waals surface area contributed by atoms with Gasteiger partial charge in [-0.3, -0.25) is 5.10 Å². The first-order chi connectivity index (χ1) is 9.04. The molecule has 0 radical (unpaired) electrons. The van der Waals surface area contributed by atoms with Crippen LogP contribution in [0.3, 0.4) is 0 Å². The number of H-pyrrole nitrogens is 1. The zero-order valence-electron chi connectivity index (χ0n) is 11.0. The molecule has 0 saturated carbocycles. The number of aromatic nitrogens is 2. The number of benzene rings is 1. The predicted octanol–water partition coefficient (Wildman–Crippen LogP) is 3.93. The molecule has 3 N–H and O–H groups in total. The molecule has 1 atom stereocenters. The molecule has 3 nitrogen and oxygen atoms in total. The summed E-state index contributed by atoms with van der Waals surface area (Å²) in [5.74, 6) is 0.351. The molecule has 0 aliphatic carbocycles. The molecule has 5 heteroatoms. The summed E-state index contributed by atoms with van der Waals surface area (Å²) < 4.78 is 0. The van der Waals surface area contributed by atoms with Gasteiger partial charge in [0, 0.05) is 18.2 Å². The van der Waals surface area contributed by atoms with Crippen molar-refractivity contribution in [2.45, 2.75) is 25.7 Å². The highest BCUT2D eigenvalue weighted by molar-refractivity contribution is 6.42. The standard InChI is InChI=1S/C14H17Cl2N3/c1-8(2)12-6-13(19-18-12)10(7-17)9-4-3-5-11(15)14(9)16/h3-6,8,10H,7,17H2,1-2H3,(H,18,19). The zero-order valence-corrected chi connectivity index (χ0v) is 12.5. The minimum atomic E-state index is -0.0220. The van der Waals surface area contributed by atoms with E-state index in [1.54, 1.807) is 6.07 Å². The Morgan fingerprint density at radius 3 is 2.63 bits per heavy atom. The smallest absolute Gasteiger partial charge is 0.0650 e. The summed E-state index contributed by atoms with van der Waals surface area (Å²) >= 11 is 12.3. The van der Waals surface area contributed by atoms with E-state index in [4.69, 9.17) is 28.9 Å². The highest BCUT2D eigenvalue weighted by Crippen LogP contribution is 2.33. The van der Waals surface area contributed by atoms with E-state index in [0.29, 0.717) is 22.5 Å². The molecule has 0 saturated heterocycles. The van der Waals surface area contributed by atoms with E-state index in [1.807, 2.05) is 18.2 Å². The Morgan fingerprint density at radius 2 is 2.05 bits per heavy atom. The Hall–Kier alpha value is -1.03. The second kappa shape index (κ2) is 5.95. The van der Waals surface area contributed by atoms with Gasteiger partial charge in [-0.05, 0) is 23.6 Å². The van der Waals surface area contributed by atoms with E-state index in [9.17, 15) is 0 Å². The molecule has 0 aliphatic rings. The number of nitrogens with zero attached hydrogens (tertiary/aromatic N) is 1. The van der Waals surface area contributed by atoms with Crippen LogP contribution in [0.25, 0.3) is 0 Å². The molecule has 102 valence electrons. The minimum absolute atomic E-state index is 0.0220. The first-order valence-corrected chi connectivity index (χ1v) is 6.99. The summed E-state index contributed by atoms with van der Waals surface area (Å²) in [4.78, 5) is 0. The average molecular weight is 298 g/mol. The van der Waals surface area contributed by atoms with Crippen LogP contribution >= 0.6 is 23.2 Å². The molecule has 1 aromatic heterocycles. The number of hydrogen-bond acceptors (Lipinski definition) is 2. The van der Waals surface area contributed by atoms with Gasteiger partial charge < -0.3 is 5.73 Å². The van der Waals surface area contributed by atoms with Crippen molar-refractivity contribution in [3.8, 4) is 0 Å². The second-order valence-corrected chi connectivity index (χ2v) is 5.62. The van der Waals surface area contributed by atoms with Crippen molar-refractivity contribution in [1.29, 1.82) is 0 Å². The largest absolute Gasteiger partial charge is 0.329 e. The number of rotatable bonds is 4. The van der Waals surface area contributed by atoms with Crippen molar-refractivity contribution >= 4 is 23.2 Å². The fourth-order valence-electron chi connectivity index (χ4n) is 2.04. The maximum atomic E-state index is 6.26. The number of aromatic amines is 1. The van der Waals surface area contributed by atoms with Gasteiger partial charge in [0.05, 0.1) is 15.7 Å². The minimum Gasteiger partial charge on any atom is -0.329 e. The SMILES string of the molecule is CC(C)c1cc(C(CN)c2cccc(Cl)c2Cl)[nH]n1. The van der Waals surface area contributed by atoms with Crippen LogP contribution in [0.2, 0.25) is 10.0 Å². The molecule has 0 aliphatic heterocycles. The number of nitrogens with two attached hydrogens (primary N) is 1. The lowest BCUT2D eigenvalue weighted by Crippen LogP contribution is -2.14. The van der Waals surface area contributed by atoms with Crippen molar-refractivity contribution in [2.75, 3.05) is 6.54 Å². The number of nitrogens with one attached hydrogen (secondary N) is 1. The molecule has 0 fully saturated rings. The molecule has 0 amide bonds. The maximum Gasteiger partial charge on any atom is 0.0650 e. The lowest BCUT2D eigenvalue weighted by molar-refractivity contribution is 0.773. The van der Waals surface area contributed by atoms with Gasteiger partial charge in [-0.2, -0.15) is 5.10 Å². The quantitative estimate of drug-likeness (QED) is 0.898.